The second-order valence-electron chi connectivity index (χ2n) is 2.53. The van der Waals surface area contributed by atoms with Gasteiger partial charge in [0.1, 0.15) is 0 Å². The molecule has 12 heavy (non-hydrogen) atoms. The highest BCUT2D eigenvalue weighted by Gasteiger charge is 2.05. The van der Waals surface area contributed by atoms with Gasteiger partial charge in [-0.05, 0) is 12.2 Å². The van der Waals surface area contributed by atoms with Gasteiger partial charge in [-0.15, -0.1) is 0 Å². The van der Waals surface area contributed by atoms with Gasteiger partial charge in [0.15, 0.2) is 0 Å². The molecule has 1 aliphatic heterocycles. The maximum absolute atomic E-state index is 10.8. The lowest BCUT2D eigenvalue weighted by Gasteiger charge is -2.03. The van der Waals surface area contributed by atoms with E-state index in [1.165, 1.54) is 13.2 Å². The quantitative estimate of drug-likeness (QED) is 0.486. The van der Waals surface area contributed by atoms with Crippen molar-refractivity contribution in [3.05, 3.63) is 11.8 Å². The van der Waals surface area contributed by atoms with Crippen molar-refractivity contribution in [2.75, 3.05) is 25.2 Å². The molecule has 0 atom stereocenters. The van der Waals surface area contributed by atoms with Gasteiger partial charge < -0.3 is 10.1 Å². The molecule has 1 saturated heterocycles. The fourth-order valence-corrected chi connectivity index (χ4v) is 1.85. The van der Waals surface area contributed by atoms with Crippen molar-refractivity contribution in [3.63, 3.8) is 0 Å². The van der Waals surface area contributed by atoms with Crippen LogP contribution in [0.5, 0.6) is 0 Å². The molecule has 1 N–H and O–H groups in total. The van der Waals surface area contributed by atoms with Crippen LogP contribution in [0.2, 0.25) is 0 Å². The Hall–Kier alpha value is -0.640. The Morgan fingerprint density at radius 1 is 1.75 bits per heavy atom. The van der Waals surface area contributed by atoms with Crippen LogP contribution in [0.1, 0.15) is 6.42 Å². The number of hydrogen-bond acceptors (Lipinski definition) is 4. The van der Waals surface area contributed by atoms with Gasteiger partial charge in [0.25, 0.3) is 0 Å². The summed E-state index contributed by atoms with van der Waals surface area (Å²) in [5.41, 5.74) is 0.976. The number of nitrogens with one attached hydrogen (secondary N) is 1. The topological polar surface area (TPSA) is 38.3 Å². The van der Waals surface area contributed by atoms with Crippen LogP contribution in [0.4, 0.5) is 0 Å². The lowest BCUT2D eigenvalue weighted by Crippen LogP contribution is -2.15. The first kappa shape index (κ1) is 9.45. The van der Waals surface area contributed by atoms with Gasteiger partial charge in [-0.3, -0.25) is 0 Å². The third-order valence-corrected chi connectivity index (χ3v) is 2.66. The molecule has 0 amide bonds. The van der Waals surface area contributed by atoms with E-state index >= 15 is 0 Å². The summed E-state index contributed by atoms with van der Waals surface area (Å²) in [6.45, 7) is 0.954. The Morgan fingerprint density at radius 3 is 3.33 bits per heavy atom. The highest BCUT2D eigenvalue weighted by atomic mass is 32.2. The average molecular weight is 187 g/mol. The molecule has 0 radical (unpaired) electrons. The van der Waals surface area contributed by atoms with Crippen LogP contribution in [-0.4, -0.2) is 31.1 Å². The van der Waals surface area contributed by atoms with Crippen LogP contribution in [0.3, 0.4) is 0 Å². The molecule has 0 unspecified atom stereocenters. The minimum atomic E-state index is -0.278. The highest BCUT2D eigenvalue weighted by Crippen LogP contribution is 2.10. The summed E-state index contributed by atoms with van der Waals surface area (Å²) in [6.07, 6.45) is 2.68. The zero-order chi connectivity index (χ0) is 8.81. The van der Waals surface area contributed by atoms with Crippen molar-refractivity contribution in [2.45, 2.75) is 6.42 Å². The molecule has 4 heteroatoms. The lowest BCUT2D eigenvalue weighted by atomic mass is 10.4. The van der Waals surface area contributed by atoms with E-state index in [1.807, 2.05) is 11.8 Å². The van der Waals surface area contributed by atoms with Crippen molar-refractivity contribution < 1.29 is 9.53 Å². The van der Waals surface area contributed by atoms with Crippen LogP contribution < -0.4 is 5.32 Å². The molecule has 1 rings (SSSR count). The number of carbonyl (C=O) groups is 1. The van der Waals surface area contributed by atoms with Gasteiger partial charge in [-0.1, -0.05) is 0 Å². The average Bonchev–Trinajstić information content (AvgIpc) is 2.33. The number of ether oxygens (including phenoxy) is 1. The maximum atomic E-state index is 10.8. The van der Waals surface area contributed by atoms with Crippen LogP contribution in [-0.2, 0) is 9.53 Å². The molecule has 0 aliphatic carbocycles. The van der Waals surface area contributed by atoms with Crippen molar-refractivity contribution in [1.82, 2.24) is 5.32 Å². The molecule has 1 heterocycles. The number of carbonyl (C=O) groups excluding carboxylic acids is 1. The molecule has 0 spiro atoms. The minimum Gasteiger partial charge on any atom is -0.466 e. The minimum absolute atomic E-state index is 0.278. The van der Waals surface area contributed by atoms with Gasteiger partial charge in [0, 0.05) is 24.1 Å². The Morgan fingerprint density at radius 2 is 2.58 bits per heavy atom. The maximum Gasteiger partial charge on any atom is 0.332 e. The van der Waals surface area contributed by atoms with E-state index in [0.717, 1.165) is 30.2 Å². The second kappa shape index (κ2) is 5.09. The molecule has 1 aliphatic rings. The predicted molar refractivity (Wildman–Crippen MR) is 50.0 cm³/mol. The summed E-state index contributed by atoms with van der Waals surface area (Å²) >= 11 is 1.84. The highest BCUT2D eigenvalue weighted by molar-refractivity contribution is 7.99. The Labute approximate surface area is 76.5 Å². The number of rotatable bonds is 1. The van der Waals surface area contributed by atoms with E-state index in [1.54, 1.807) is 0 Å². The summed E-state index contributed by atoms with van der Waals surface area (Å²) in [4.78, 5) is 10.8. The smallest absolute Gasteiger partial charge is 0.332 e. The Bertz CT molecular complexity index is 181. The van der Waals surface area contributed by atoms with Gasteiger partial charge in [0.2, 0.25) is 0 Å². The second-order valence-corrected chi connectivity index (χ2v) is 3.63. The van der Waals surface area contributed by atoms with Crippen LogP contribution >= 0.6 is 11.8 Å². The molecule has 3 nitrogen and oxygen atoms in total. The Balaban J connectivity index is 2.47. The summed E-state index contributed by atoms with van der Waals surface area (Å²) in [5, 5.41) is 3.19. The number of esters is 1. The lowest BCUT2D eigenvalue weighted by molar-refractivity contribution is -0.134. The monoisotopic (exact) mass is 187 g/mol. The normalized spacial score (nSPS) is 21.2. The van der Waals surface area contributed by atoms with Gasteiger partial charge >= 0.3 is 5.97 Å². The van der Waals surface area contributed by atoms with Gasteiger partial charge in [-0.25, -0.2) is 4.79 Å². The van der Waals surface area contributed by atoms with Gasteiger partial charge in [0.05, 0.1) is 7.11 Å². The SMILES string of the molecule is COC(=O)/C=C1\CSCCCN1. The standard InChI is InChI=1S/C8H13NO2S/c1-11-8(10)5-7-6-12-4-2-3-9-7/h5,9H,2-4,6H2,1H3/b7-5+. The molecule has 68 valence electrons. The summed E-state index contributed by atoms with van der Waals surface area (Å²) < 4.78 is 4.53. The third-order valence-electron chi connectivity index (χ3n) is 1.57. The largest absolute Gasteiger partial charge is 0.466 e. The van der Waals surface area contributed by atoms with Crippen LogP contribution in [0.15, 0.2) is 11.8 Å². The molecular weight excluding hydrogens is 174 g/mol. The van der Waals surface area contributed by atoms with E-state index in [4.69, 9.17) is 0 Å². The zero-order valence-corrected chi connectivity index (χ0v) is 7.95. The fraction of sp³-hybridized carbons (Fsp3) is 0.625. The predicted octanol–water partition coefficient (Wildman–Crippen LogP) is 0.770. The van der Waals surface area contributed by atoms with E-state index in [2.05, 4.69) is 10.1 Å². The van der Waals surface area contributed by atoms with Gasteiger partial charge in [-0.2, -0.15) is 11.8 Å². The van der Waals surface area contributed by atoms with Crippen LogP contribution in [0.25, 0.3) is 0 Å². The summed E-state index contributed by atoms with van der Waals surface area (Å²) in [5.74, 6) is 1.76. The van der Waals surface area contributed by atoms with Crippen molar-refractivity contribution in [1.29, 1.82) is 0 Å². The summed E-state index contributed by atoms with van der Waals surface area (Å²) in [6, 6.07) is 0. The number of hydrogen-bond donors (Lipinski definition) is 1. The first-order valence-corrected chi connectivity index (χ1v) is 5.08. The molecule has 0 aromatic carbocycles. The first-order valence-electron chi connectivity index (χ1n) is 3.93. The van der Waals surface area contributed by atoms with Crippen molar-refractivity contribution in [2.24, 2.45) is 0 Å². The van der Waals surface area contributed by atoms with E-state index in [0.29, 0.717) is 0 Å². The van der Waals surface area contributed by atoms with E-state index in [9.17, 15) is 4.79 Å². The Kier molecular flexibility index (Phi) is 4.00. The van der Waals surface area contributed by atoms with E-state index < -0.39 is 0 Å². The van der Waals surface area contributed by atoms with Crippen molar-refractivity contribution >= 4 is 17.7 Å². The number of methoxy groups -OCH3 is 1. The van der Waals surface area contributed by atoms with Crippen molar-refractivity contribution in [3.8, 4) is 0 Å². The summed E-state index contributed by atoms with van der Waals surface area (Å²) in [7, 11) is 1.39. The first-order chi connectivity index (χ1) is 5.83. The van der Waals surface area contributed by atoms with E-state index in [-0.39, 0.29) is 5.97 Å². The third kappa shape index (κ3) is 3.17. The fourth-order valence-electron chi connectivity index (χ4n) is 0.950. The van der Waals surface area contributed by atoms with Crippen LogP contribution in [0, 0.1) is 0 Å². The zero-order valence-electron chi connectivity index (χ0n) is 7.13. The molecule has 0 aromatic rings. The molecule has 0 aromatic heterocycles. The molecular formula is C8H13NO2S. The molecule has 0 saturated carbocycles. The molecule has 0 bridgehead atoms. The molecule has 1 fully saturated rings. The number of thioether (sulfide) groups is 1.